The van der Waals surface area contributed by atoms with Crippen molar-refractivity contribution in [3.05, 3.63) is 18.0 Å². The maximum atomic E-state index is 4.25. The first-order chi connectivity index (χ1) is 7.33. The van der Waals surface area contributed by atoms with Gasteiger partial charge in [-0.3, -0.25) is 0 Å². The predicted molar refractivity (Wildman–Crippen MR) is 69.8 cm³/mol. The molecule has 0 aliphatic rings. The molecular weight excluding hydrogens is 224 g/mol. The molecule has 1 rings (SSSR count). The number of aryl methyl sites for hydroxylation is 1. The number of hydrogen-bond donors (Lipinski definition) is 1. The Morgan fingerprint density at radius 3 is 2.47 bits per heavy atom. The Labute approximate surface area is 102 Å². The Hall–Kier alpha value is -0.220. The van der Waals surface area contributed by atoms with E-state index in [0.29, 0.717) is 0 Å². The van der Waals surface area contributed by atoms with Gasteiger partial charge in [-0.25, -0.2) is 9.97 Å². The molecule has 0 aliphatic carbocycles. The van der Waals surface area contributed by atoms with Gasteiger partial charge in [-0.05, 0) is 31.1 Å². The predicted octanol–water partition coefficient (Wildman–Crippen LogP) is 3.37. The standard InChI is InChI=1S/C11H18N2S2/c1-10-8-12-11(13-9-10)15-7-5-3-2-4-6-14/h8-9,14H,2-7H2,1H3. The lowest BCUT2D eigenvalue weighted by molar-refractivity contribution is 0.711. The van der Waals surface area contributed by atoms with Crippen molar-refractivity contribution in [2.24, 2.45) is 0 Å². The summed E-state index contributed by atoms with van der Waals surface area (Å²) in [6.07, 6.45) is 8.80. The summed E-state index contributed by atoms with van der Waals surface area (Å²) in [5, 5.41) is 0.898. The van der Waals surface area contributed by atoms with Crippen LogP contribution in [-0.4, -0.2) is 21.5 Å². The summed E-state index contributed by atoms with van der Waals surface area (Å²) in [5.74, 6) is 2.13. The first kappa shape index (κ1) is 12.8. The average Bonchev–Trinajstić information content (AvgIpc) is 2.26. The van der Waals surface area contributed by atoms with Crippen LogP contribution in [0, 0.1) is 6.92 Å². The van der Waals surface area contributed by atoms with Crippen LogP contribution in [0.4, 0.5) is 0 Å². The zero-order chi connectivity index (χ0) is 10.9. The molecule has 0 radical (unpaired) electrons. The van der Waals surface area contributed by atoms with Gasteiger partial charge in [0.25, 0.3) is 0 Å². The number of aromatic nitrogens is 2. The maximum Gasteiger partial charge on any atom is 0.187 e. The van der Waals surface area contributed by atoms with Crippen molar-refractivity contribution < 1.29 is 0 Å². The molecule has 1 aromatic heterocycles. The van der Waals surface area contributed by atoms with Crippen molar-refractivity contribution in [3.8, 4) is 0 Å². The number of hydrogen-bond acceptors (Lipinski definition) is 4. The number of rotatable bonds is 7. The lowest BCUT2D eigenvalue weighted by Crippen LogP contribution is -1.89. The first-order valence-corrected chi connectivity index (χ1v) is 6.97. The van der Waals surface area contributed by atoms with Crippen molar-refractivity contribution in [3.63, 3.8) is 0 Å². The molecule has 0 saturated carbocycles. The molecule has 0 aromatic carbocycles. The summed E-state index contributed by atoms with van der Waals surface area (Å²) in [5.41, 5.74) is 1.12. The minimum Gasteiger partial charge on any atom is -0.231 e. The summed E-state index contributed by atoms with van der Waals surface area (Å²) in [6.45, 7) is 2.01. The zero-order valence-corrected chi connectivity index (χ0v) is 10.9. The van der Waals surface area contributed by atoms with Gasteiger partial charge in [0.15, 0.2) is 5.16 Å². The smallest absolute Gasteiger partial charge is 0.187 e. The monoisotopic (exact) mass is 242 g/mol. The summed E-state index contributed by atoms with van der Waals surface area (Å²) < 4.78 is 0. The van der Waals surface area contributed by atoms with Crippen molar-refractivity contribution in [2.45, 2.75) is 37.8 Å². The van der Waals surface area contributed by atoms with Crippen molar-refractivity contribution in [1.29, 1.82) is 0 Å². The first-order valence-electron chi connectivity index (χ1n) is 5.35. The number of unbranched alkanes of at least 4 members (excludes halogenated alkanes) is 3. The Morgan fingerprint density at radius 1 is 1.13 bits per heavy atom. The van der Waals surface area contributed by atoms with Gasteiger partial charge in [-0.2, -0.15) is 12.6 Å². The molecule has 84 valence electrons. The van der Waals surface area contributed by atoms with Gasteiger partial charge < -0.3 is 0 Å². The second-order valence-electron chi connectivity index (χ2n) is 3.53. The Balaban J connectivity index is 2.07. The molecule has 0 bridgehead atoms. The van der Waals surface area contributed by atoms with Crippen molar-refractivity contribution >= 4 is 24.4 Å². The number of thioether (sulfide) groups is 1. The van der Waals surface area contributed by atoms with Gasteiger partial charge >= 0.3 is 0 Å². The van der Waals surface area contributed by atoms with E-state index in [4.69, 9.17) is 0 Å². The molecule has 0 amide bonds. The second-order valence-corrected chi connectivity index (χ2v) is 5.04. The van der Waals surface area contributed by atoms with E-state index in [-0.39, 0.29) is 0 Å². The molecule has 0 aliphatic heterocycles. The molecule has 0 atom stereocenters. The van der Waals surface area contributed by atoms with Crippen LogP contribution < -0.4 is 0 Å². The van der Waals surface area contributed by atoms with Gasteiger partial charge in [0.1, 0.15) is 0 Å². The third-order valence-corrected chi connectivity index (χ3v) is 3.32. The SMILES string of the molecule is Cc1cnc(SCCCCCCS)nc1. The van der Waals surface area contributed by atoms with Gasteiger partial charge in [0.2, 0.25) is 0 Å². The van der Waals surface area contributed by atoms with Crippen LogP contribution in [0.1, 0.15) is 31.2 Å². The number of nitrogens with zero attached hydrogens (tertiary/aromatic N) is 2. The van der Waals surface area contributed by atoms with Crippen LogP contribution in [0.3, 0.4) is 0 Å². The Kier molecular flexibility index (Phi) is 6.85. The molecule has 1 aromatic rings. The van der Waals surface area contributed by atoms with Gasteiger partial charge in [0, 0.05) is 18.1 Å². The molecule has 2 nitrogen and oxygen atoms in total. The third-order valence-electron chi connectivity index (χ3n) is 2.04. The molecular formula is C11H18N2S2. The molecule has 0 fully saturated rings. The van der Waals surface area contributed by atoms with Gasteiger partial charge in [0.05, 0.1) is 0 Å². The molecule has 15 heavy (non-hydrogen) atoms. The fraction of sp³-hybridized carbons (Fsp3) is 0.636. The summed E-state index contributed by atoms with van der Waals surface area (Å²) in [6, 6.07) is 0. The van der Waals surface area contributed by atoms with E-state index < -0.39 is 0 Å². The highest BCUT2D eigenvalue weighted by Gasteiger charge is 1.96. The number of thiol groups is 1. The van der Waals surface area contributed by atoms with E-state index in [1.807, 2.05) is 19.3 Å². The highest BCUT2D eigenvalue weighted by atomic mass is 32.2. The van der Waals surface area contributed by atoms with Crippen LogP contribution in [0.5, 0.6) is 0 Å². The maximum absolute atomic E-state index is 4.25. The minimum absolute atomic E-state index is 0.898. The lowest BCUT2D eigenvalue weighted by atomic mass is 10.2. The highest BCUT2D eigenvalue weighted by molar-refractivity contribution is 7.99. The van der Waals surface area contributed by atoms with Gasteiger partial charge in [-0.15, -0.1) is 0 Å². The van der Waals surface area contributed by atoms with E-state index >= 15 is 0 Å². The van der Waals surface area contributed by atoms with Crippen LogP contribution >= 0.6 is 24.4 Å². The van der Waals surface area contributed by atoms with Gasteiger partial charge in [-0.1, -0.05) is 24.6 Å². The molecule has 1 heterocycles. The zero-order valence-electron chi connectivity index (χ0n) is 9.15. The Bertz CT molecular complexity index is 262. The van der Waals surface area contributed by atoms with E-state index in [0.717, 1.165) is 22.2 Å². The van der Waals surface area contributed by atoms with Crippen molar-refractivity contribution in [2.75, 3.05) is 11.5 Å². The van der Waals surface area contributed by atoms with Crippen LogP contribution in [0.2, 0.25) is 0 Å². The van der Waals surface area contributed by atoms with E-state index in [1.165, 1.54) is 25.7 Å². The topological polar surface area (TPSA) is 25.8 Å². The highest BCUT2D eigenvalue weighted by Crippen LogP contribution is 2.14. The van der Waals surface area contributed by atoms with Crippen LogP contribution in [0.15, 0.2) is 17.6 Å². The molecule has 4 heteroatoms. The lowest BCUT2D eigenvalue weighted by Gasteiger charge is -2.00. The molecule has 0 spiro atoms. The summed E-state index contributed by atoms with van der Waals surface area (Å²) >= 11 is 5.93. The fourth-order valence-electron chi connectivity index (χ4n) is 1.19. The minimum atomic E-state index is 0.898. The van der Waals surface area contributed by atoms with Crippen LogP contribution in [0.25, 0.3) is 0 Å². The normalized spacial score (nSPS) is 10.5. The molecule has 0 saturated heterocycles. The fourth-order valence-corrected chi connectivity index (χ4v) is 2.20. The second kappa shape index (κ2) is 7.99. The van der Waals surface area contributed by atoms with E-state index in [2.05, 4.69) is 22.6 Å². The Morgan fingerprint density at radius 2 is 1.80 bits per heavy atom. The summed E-state index contributed by atoms with van der Waals surface area (Å²) in [4.78, 5) is 8.50. The van der Waals surface area contributed by atoms with E-state index in [9.17, 15) is 0 Å². The van der Waals surface area contributed by atoms with Crippen LogP contribution in [-0.2, 0) is 0 Å². The van der Waals surface area contributed by atoms with E-state index in [1.54, 1.807) is 11.8 Å². The van der Waals surface area contributed by atoms with Crippen molar-refractivity contribution in [1.82, 2.24) is 9.97 Å². The largest absolute Gasteiger partial charge is 0.231 e. The summed E-state index contributed by atoms with van der Waals surface area (Å²) in [7, 11) is 0. The quantitative estimate of drug-likeness (QED) is 0.343. The third kappa shape index (κ3) is 6.05. The molecule has 0 N–H and O–H groups in total. The average molecular weight is 242 g/mol. The molecule has 0 unspecified atom stereocenters.